The fourth-order valence-corrected chi connectivity index (χ4v) is 2.23. The molecule has 0 N–H and O–H groups in total. The van der Waals surface area contributed by atoms with Crippen LogP contribution in [-0.2, 0) is 5.41 Å². The van der Waals surface area contributed by atoms with Crippen molar-refractivity contribution in [2.75, 3.05) is 0 Å². The average Bonchev–Trinajstić information content (AvgIpc) is 2.77. The van der Waals surface area contributed by atoms with Gasteiger partial charge >= 0.3 is 0 Å². The minimum Gasteiger partial charge on any atom is -0.439 e. The molecule has 3 heteroatoms. The maximum Gasteiger partial charge on any atom is 0.199 e. The molecule has 3 aromatic rings. The average molecular weight is 266 g/mol. The number of oxazole rings is 1. The van der Waals surface area contributed by atoms with E-state index in [-0.39, 0.29) is 5.41 Å². The van der Waals surface area contributed by atoms with Crippen LogP contribution in [0.5, 0.6) is 0 Å². The smallest absolute Gasteiger partial charge is 0.199 e. The van der Waals surface area contributed by atoms with Gasteiger partial charge in [0.25, 0.3) is 0 Å². The third kappa shape index (κ3) is 2.31. The molecule has 0 saturated heterocycles. The molecule has 0 aliphatic carbocycles. The van der Waals surface area contributed by atoms with Crippen LogP contribution in [0, 0.1) is 6.92 Å². The lowest BCUT2D eigenvalue weighted by molar-refractivity contribution is 0.561. The maximum absolute atomic E-state index is 5.45. The van der Waals surface area contributed by atoms with E-state index in [9.17, 15) is 0 Å². The maximum atomic E-state index is 5.45. The van der Waals surface area contributed by atoms with Crippen LogP contribution in [0.1, 0.15) is 32.2 Å². The van der Waals surface area contributed by atoms with Gasteiger partial charge in [0.15, 0.2) is 17.1 Å². The van der Waals surface area contributed by atoms with Gasteiger partial charge in [0.2, 0.25) is 0 Å². The second kappa shape index (κ2) is 4.44. The number of benzene rings is 1. The van der Waals surface area contributed by atoms with E-state index in [0.29, 0.717) is 11.5 Å². The SMILES string of the molecule is Cc1nc2nc(-c3ccc(C(C)(C)C)cc3)ccc2o1. The first-order valence-corrected chi connectivity index (χ1v) is 6.78. The Balaban J connectivity index is 2.02. The Kier molecular flexibility index (Phi) is 2.85. The number of hydrogen-bond donors (Lipinski definition) is 0. The first-order valence-electron chi connectivity index (χ1n) is 6.78. The van der Waals surface area contributed by atoms with Crippen LogP contribution in [0.3, 0.4) is 0 Å². The fourth-order valence-electron chi connectivity index (χ4n) is 2.23. The summed E-state index contributed by atoms with van der Waals surface area (Å²) in [5, 5.41) is 0. The van der Waals surface area contributed by atoms with Gasteiger partial charge in [-0.15, -0.1) is 0 Å². The van der Waals surface area contributed by atoms with Crippen molar-refractivity contribution in [1.82, 2.24) is 9.97 Å². The molecule has 0 aliphatic rings. The molecule has 3 nitrogen and oxygen atoms in total. The summed E-state index contributed by atoms with van der Waals surface area (Å²) in [6.45, 7) is 8.47. The highest BCUT2D eigenvalue weighted by Gasteiger charge is 2.13. The third-order valence-electron chi connectivity index (χ3n) is 3.41. The third-order valence-corrected chi connectivity index (χ3v) is 3.41. The minimum absolute atomic E-state index is 0.166. The molecule has 0 atom stereocenters. The van der Waals surface area contributed by atoms with E-state index < -0.39 is 0 Å². The molecule has 102 valence electrons. The molecule has 0 fully saturated rings. The van der Waals surface area contributed by atoms with Crippen molar-refractivity contribution in [2.24, 2.45) is 0 Å². The van der Waals surface area contributed by atoms with Gasteiger partial charge in [-0.2, -0.15) is 4.98 Å². The van der Waals surface area contributed by atoms with Crippen molar-refractivity contribution >= 4 is 11.2 Å². The number of aryl methyl sites for hydroxylation is 1. The van der Waals surface area contributed by atoms with E-state index in [0.717, 1.165) is 16.8 Å². The highest BCUT2D eigenvalue weighted by Crippen LogP contribution is 2.26. The second-order valence-corrected chi connectivity index (χ2v) is 6.08. The molecule has 0 bridgehead atoms. The van der Waals surface area contributed by atoms with Gasteiger partial charge in [0.05, 0.1) is 5.69 Å². The topological polar surface area (TPSA) is 38.9 Å². The summed E-state index contributed by atoms with van der Waals surface area (Å²) in [7, 11) is 0. The van der Waals surface area contributed by atoms with Gasteiger partial charge in [0, 0.05) is 12.5 Å². The van der Waals surface area contributed by atoms with Crippen molar-refractivity contribution in [1.29, 1.82) is 0 Å². The van der Waals surface area contributed by atoms with E-state index in [2.05, 4.69) is 55.0 Å². The number of aromatic nitrogens is 2. The largest absolute Gasteiger partial charge is 0.439 e. The molecule has 2 aromatic heterocycles. The molecule has 0 amide bonds. The predicted molar refractivity (Wildman–Crippen MR) is 80.7 cm³/mol. The quantitative estimate of drug-likeness (QED) is 0.651. The molecule has 3 rings (SSSR count). The molecule has 0 spiro atoms. The molecular weight excluding hydrogens is 248 g/mol. The molecule has 0 aliphatic heterocycles. The van der Waals surface area contributed by atoms with Gasteiger partial charge in [-0.05, 0) is 23.1 Å². The highest BCUT2D eigenvalue weighted by molar-refractivity contribution is 5.73. The Labute approximate surface area is 118 Å². The van der Waals surface area contributed by atoms with Crippen molar-refractivity contribution in [2.45, 2.75) is 33.1 Å². The van der Waals surface area contributed by atoms with Gasteiger partial charge < -0.3 is 4.42 Å². The van der Waals surface area contributed by atoms with Crippen LogP contribution in [-0.4, -0.2) is 9.97 Å². The van der Waals surface area contributed by atoms with E-state index in [4.69, 9.17) is 4.42 Å². The molecular formula is C17H18N2O. The number of hydrogen-bond acceptors (Lipinski definition) is 3. The zero-order chi connectivity index (χ0) is 14.3. The van der Waals surface area contributed by atoms with E-state index in [1.807, 2.05) is 19.1 Å². The van der Waals surface area contributed by atoms with Crippen LogP contribution in [0.2, 0.25) is 0 Å². The van der Waals surface area contributed by atoms with Crippen molar-refractivity contribution < 1.29 is 4.42 Å². The van der Waals surface area contributed by atoms with Crippen LogP contribution in [0.25, 0.3) is 22.5 Å². The van der Waals surface area contributed by atoms with Crippen LogP contribution in [0.15, 0.2) is 40.8 Å². The minimum atomic E-state index is 0.166. The van der Waals surface area contributed by atoms with Crippen LogP contribution < -0.4 is 0 Å². The summed E-state index contributed by atoms with van der Waals surface area (Å²) in [5.74, 6) is 0.646. The summed E-state index contributed by atoms with van der Waals surface area (Å²) < 4.78 is 5.45. The van der Waals surface area contributed by atoms with Gasteiger partial charge in [-0.3, -0.25) is 0 Å². The highest BCUT2D eigenvalue weighted by atomic mass is 16.3. The van der Waals surface area contributed by atoms with E-state index >= 15 is 0 Å². The number of rotatable bonds is 1. The Bertz CT molecular complexity index is 749. The Hall–Kier alpha value is -2.16. The van der Waals surface area contributed by atoms with E-state index in [1.54, 1.807) is 0 Å². The monoisotopic (exact) mass is 266 g/mol. The molecule has 2 heterocycles. The number of pyridine rings is 1. The van der Waals surface area contributed by atoms with Crippen molar-refractivity contribution in [3.63, 3.8) is 0 Å². The lowest BCUT2D eigenvalue weighted by Gasteiger charge is -2.19. The zero-order valence-corrected chi connectivity index (χ0v) is 12.3. The molecule has 1 aromatic carbocycles. The molecule has 0 saturated carbocycles. The summed E-state index contributed by atoms with van der Waals surface area (Å²) in [6.07, 6.45) is 0. The van der Waals surface area contributed by atoms with Crippen LogP contribution >= 0.6 is 0 Å². The predicted octanol–water partition coefficient (Wildman–Crippen LogP) is 4.50. The first-order chi connectivity index (χ1) is 9.43. The van der Waals surface area contributed by atoms with Gasteiger partial charge in [-0.1, -0.05) is 45.0 Å². The van der Waals surface area contributed by atoms with Gasteiger partial charge in [-0.25, -0.2) is 4.98 Å². The molecule has 0 radical (unpaired) electrons. The van der Waals surface area contributed by atoms with Crippen LogP contribution in [0.4, 0.5) is 0 Å². The van der Waals surface area contributed by atoms with Crippen molar-refractivity contribution in [3.8, 4) is 11.3 Å². The number of fused-ring (bicyclic) bond motifs is 1. The van der Waals surface area contributed by atoms with Crippen molar-refractivity contribution in [3.05, 3.63) is 47.9 Å². The second-order valence-electron chi connectivity index (χ2n) is 6.08. The summed E-state index contributed by atoms with van der Waals surface area (Å²) in [5.41, 5.74) is 4.91. The Morgan fingerprint density at radius 3 is 2.25 bits per heavy atom. The Morgan fingerprint density at radius 1 is 0.900 bits per heavy atom. The molecule has 0 unspecified atom stereocenters. The lowest BCUT2D eigenvalue weighted by Crippen LogP contribution is -2.10. The summed E-state index contributed by atoms with van der Waals surface area (Å²) in [6, 6.07) is 12.4. The zero-order valence-electron chi connectivity index (χ0n) is 12.3. The summed E-state index contributed by atoms with van der Waals surface area (Å²) in [4.78, 5) is 8.83. The van der Waals surface area contributed by atoms with E-state index in [1.165, 1.54) is 5.56 Å². The normalized spacial score (nSPS) is 12.0. The fraction of sp³-hybridized carbons (Fsp3) is 0.294. The Morgan fingerprint density at radius 2 is 1.60 bits per heavy atom. The lowest BCUT2D eigenvalue weighted by atomic mass is 9.86. The number of nitrogens with zero attached hydrogens (tertiary/aromatic N) is 2. The van der Waals surface area contributed by atoms with Gasteiger partial charge in [0.1, 0.15) is 0 Å². The first kappa shape index (κ1) is 12.9. The summed E-state index contributed by atoms with van der Waals surface area (Å²) >= 11 is 0. The standard InChI is InChI=1S/C17H18N2O/c1-11-18-16-15(20-11)10-9-14(19-16)12-5-7-13(8-6-12)17(2,3)4/h5-10H,1-4H3. The molecule has 20 heavy (non-hydrogen) atoms.